The molecule has 0 aromatic carbocycles. The maximum absolute atomic E-state index is 5.91. The fourth-order valence-corrected chi connectivity index (χ4v) is 2.84. The number of aromatic nitrogens is 1. The average Bonchev–Trinajstić information content (AvgIpc) is 2.71. The van der Waals surface area contributed by atoms with Crippen LogP contribution in [0.1, 0.15) is 43.8 Å². The van der Waals surface area contributed by atoms with Crippen molar-refractivity contribution in [2.45, 2.75) is 57.2 Å². The van der Waals surface area contributed by atoms with Crippen molar-refractivity contribution in [3.05, 3.63) is 17.8 Å². The third-order valence-electron chi connectivity index (χ3n) is 3.97. The SMILES string of the molecule is Cc1cnc(CNC2CCOC3(CCC3)C2)o1. The summed E-state index contributed by atoms with van der Waals surface area (Å²) in [4.78, 5) is 4.21. The molecule has 1 spiro atoms. The number of nitrogens with zero attached hydrogens (tertiary/aromatic N) is 1. The second-order valence-electron chi connectivity index (χ2n) is 5.32. The molecule has 4 heteroatoms. The molecule has 1 saturated carbocycles. The molecule has 3 rings (SSSR count). The van der Waals surface area contributed by atoms with Gasteiger partial charge in [-0.2, -0.15) is 0 Å². The Morgan fingerprint density at radius 1 is 1.53 bits per heavy atom. The van der Waals surface area contributed by atoms with E-state index in [0.29, 0.717) is 6.04 Å². The van der Waals surface area contributed by atoms with Crippen molar-refractivity contribution in [3.8, 4) is 0 Å². The van der Waals surface area contributed by atoms with Crippen molar-refractivity contribution < 1.29 is 9.15 Å². The minimum atomic E-state index is 0.211. The van der Waals surface area contributed by atoms with Gasteiger partial charge in [0.2, 0.25) is 5.89 Å². The quantitative estimate of drug-likeness (QED) is 0.873. The van der Waals surface area contributed by atoms with Crippen LogP contribution in [0.4, 0.5) is 0 Å². The van der Waals surface area contributed by atoms with E-state index in [2.05, 4.69) is 10.3 Å². The van der Waals surface area contributed by atoms with Gasteiger partial charge in [-0.05, 0) is 39.0 Å². The fourth-order valence-electron chi connectivity index (χ4n) is 2.84. The monoisotopic (exact) mass is 236 g/mol. The minimum Gasteiger partial charge on any atom is -0.445 e. The molecule has 2 fully saturated rings. The van der Waals surface area contributed by atoms with Gasteiger partial charge in [-0.3, -0.25) is 0 Å². The first-order valence-corrected chi connectivity index (χ1v) is 6.54. The van der Waals surface area contributed by atoms with Crippen LogP contribution in [0.15, 0.2) is 10.6 Å². The molecule has 1 aliphatic heterocycles. The van der Waals surface area contributed by atoms with Gasteiger partial charge < -0.3 is 14.5 Å². The molecule has 1 aliphatic carbocycles. The Morgan fingerprint density at radius 3 is 3.06 bits per heavy atom. The van der Waals surface area contributed by atoms with Gasteiger partial charge in [-0.15, -0.1) is 0 Å². The summed E-state index contributed by atoms with van der Waals surface area (Å²) in [5, 5.41) is 3.54. The Hall–Kier alpha value is -0.870. The van der Waals surface area contributed by atoms with Crippen molar-refractivity contribution in [1.82, 2.24) is 10.3 Å². The highest BCUT2D eigenvalue weighted by molar-refractivity contribution is 4.97. The van der Waals surface area contributed by atoms with Gasteiger partial charge in [0.15, 0.2) is 0 Å². The van der Waals surface area contributed by atoms with Gasteiger partial charge in [0.05, 0.1) is 18.3 Å². The van der Waals surface area contributed by atoms with Gasteiger partial charge in [0, 0.05) is 12.6 Å². The Labute approximate surface area is 102 Å². The van der Waals surface area contributed by atoms with Crippen LogP contribution in [0.2, 0.25) is 0 Å². The molecular formula is C13H20N2O2. The summed E-state index contributed by atoms with van der Waals surface area (Å²) in [5.74, 6) is 1.67. The molecule has 2 aliphatic rings. The lowest BCUT2D eigenvalue weighted by molar-refractivity contribution is -0.135. The van der Waals surface area contributed by atoms with Crippen molar-refractivity contribution in [3.63, 3.8) is 0 Å². The summed E-state index contributed by atoms with van der Waals surface area (Å²) in [6.45, 7) is 3.55. The van der Waals surface area contributed by atoms with E-state index in [0.717, 1.165) is 37.6 Å². The van der Waals surface area contributed by atoms with Crippen LogP contribution in [0, 0.1) is 6.92 Å². The largest absolute Gasteiger partial charge is 0.445 e. The Balaban J connectivity index is 1.51. The van der Waals surface area contributed by atoms with Gasteiger partial charge in [-0.1, -0.05) is 0 Å². The lowest BCUT2D eigenvalue weighted by atomic mass is 9.74. The van der Waals surface area contributed by atoms with Crippen molar-refractivity contribution in [2.75, 3.05) is 6.61 Å². The summed E-state index contributed by atoms with van der Waals surface area (Å²) in [6.07, 6.45) is 7.82. The molecule has 1 saturated heterocycles. The Kier molecular flexibility index (Phi) is 2.92. The number of rotatable bonds is 3. The van der Waals surface area contributed by atoms with Crippen molar-refractivity contribution in [1.29, 1.82) is 0 Å². The maximum Gasteiger partial charge on any atom is 0.208 e. The summed E-state index contributed by atoms with van der Waals surface area (Å²) in [5.41, 5.74) is 0.211. The van der Waals surface area contributed by atoms with Crippen LogP contribution < -0.4 is 5.32 Å². The van der Waals surface area contributed by atoms with Crippen molar-refractivity contribution >= 4 is 0 Å². The first-order valence-electron chi connectivity index (χ1n) is 6.54. The van der Waals surface area contributed by atoms with Crippen LogP contribution >= 0.6 is 0 Å². The summed E-state index contributed by atoms with van der Waals surface area (Å²) in [6, 6.07) is 0.552. The van der Waals surface area contributed by atoms with Gasteiger partial charge >= 0.3 is 0 Å². The highest BCUT2D eigenvalue weighted by atomic mass is 16.5. The molecule has 1 aromatic rings. The number of hydrogen-bond donors (Lipinski definition) is 1. The second-order valence-corrected chi connectivity index (χ2v) is 5.32. The standard InChI is InChI=1S/C13H20N2O2/c1-10-8-15-12(17-10)9-14-11-3-6-16-13(7-11)4-2-5-13/h8,11,14H,2-7,9H2,1H3. The van der Waals surface area contributed by atoms with E-state index in [4.69, 9.17) is 9.15 Å². The van der Waals surface area contributed by atoms with E-state index in [9.17, 15) is 0 Å². The lowest BCUT2D eigenvalue weighted by Crippen LogP contribution is -2.50. The van der Waals surface area contributed by atoms with E-state index in [1.807, 2.05) is 6.92 Å². The molecular weight excluding hydrogens is 216 g/mol. The predicted molar refractivity (Wildman–Crippen MR) is 63.6 cm³/mol. The molecule has 1 aromatic heterocycles. The van der Waals surface area contributed by atoms with Crippen LogP contribution in [0.5, 0.6) is 0 Å². The first kappa shape index (κ1) is 11.2. The van der Waals surface area contributed by atoms with E-state index >= 15 is 0 Å². The molecule has 1 N–H and O–H groups in total. The average molecular weight is 236 g/mol. The summed E-state index contributed by atoms with van der Waals surface area (Å²) < 4.78 is 11.4. The molecule has 1 atom stereocenters. The van der Waals surface area contributed by atoms with E-state index < -0.39 is 0 Å². The third kappa shape index (κ3) is 2.38. The van der Waals surface area contributed by atoms with Gasteiger partial charge in [-0.25, -0.2) is 4.98 Å². The highest BCUT2D eigenvalue weighted by Gasteiger charge is 2.42. The number of oxazole rings is 1. The normalized spacial score (nSPS) is 27.0. The lowest BCUT2D eigenvalue weighted by Gasteiger charge is -2.47. The van der Waals surface area contributed by atoms with Gasteiger partial charge in [0.25, 0.3) is 0 Å². The van der Waals surface area contributed by atoms with E-state index in [1.165, 1.54) is 19.3 Å². The molecule has 17 heavy (non-hydrogen) atoms. The van der Waals surface area contributed by atoms with Crippen LogP contribution in [0.25, 0.3) is 0 Å². The zero-order chi connectivity index (χ0) is 11.7. The topological polar surface area (TPSA) is 47.3 Å². The smallest absolute Gasteiger partial charge is 0.208 e. The molecule has 94 valence electrons. The molecule has 1 unspecified atom stereocenters. The number of ether oxygens (including phenoxy) is 1. The summed E-state index contributed by atoms with van der Waals surface area (Å²) in [7, 11) is 0. The second kappa shape index (κ2) is 4.42. The molecule has 0 bridgehead atoms. The summed E-state index contributed by atoms with van der Waals surface area (Å²) >= 11 is 0. The molecule has 0 radical (unpaired) electrons. The van der Waals surface area contributed by atoms with Crippen LogP contribution in [-0.2, 0) is 11.3 Å². The molecule has 4 nitrogen and oxygen atoms in total. The number of hydrogen-bond acceptors (Lipinski definition) is 4. The van der Waals surface area contributed by atoms with Crippen LogP contribution in [-0.4, -0.2) is 23.2 Å². The first-order chi connectivity index (χ1) is 8.26. The zero-order valence-corrected chi connectivity index (χ0v) is 10.4. The maximum atomic E-state index is 5.91. The van der Waals surface area contributed by atoms with Crippen molar-refractivity contribution in [2.24, 2.45) is 0 Å². The molecule has 0 amide bonds. The third-order valence-corrected chi connectivity index (χ3v) is 3.97. The Bertz CT molecular complexity index is 385. The van der Waals surface area contributed by atoms with Crippen LogP contribution in [0.3, 0.4) is 0 Å². The predicted octanol–water partition coefficient (Wildman–Crippen LogP) is 2.17. The Morgan fingerprint density at radius 2 is 2.41 bits per heavy atom. The number of aryl methyl sites for hydroxylation is 1. The fraction of sp³-hybridized carbons (Fsp3) is 0.769. The van der Waals surface area contributed by atoms with Gasteiger partial charge in [0.1, 0.15) is 5.76 Å². The highest BCUT2D eigenvalue weighted by Crippen LogP contribution is 2.42. The zero-order valence-electron chi connectivity index (χ0n) is 10.4. The number of nitrogens with one attached hydrogen (secondary N) is 1. The minimum absolute atomic E-state index is 0.211. The van der Waals surface area contributed by atoms with E-state index in [-0.39, 0.29) is 5.60 Å². The molecule has 2 heterocycles. The van der Waals surface area contributed by atoms with E-state index in [1.54, 1.807) is 6.20 Å².